The van der Waals surface area contributed by atoms with Gasteiger partial charge in [-0.15, -0.1) is 0 Å². The molecule has 1 rings (SSSR count). The second kappa shape index (κ2) is 5.81. The average Bonchev–Trinajstić information content (AvgIpc) is 2.63. The van der Waals surface area contributed by atoms with Crippen molar-refractivity contribution in [1.29, 1.82) is 0 Å². The van der Waals surface area contributed by atoms with Crippen LogP contribution in [0.5, 0.6) is 0 Å². The Labute approximate surface area is 86.5 Å². The first kappa shape index (κ1) is 11.2. The molecule has 0 amide bonds. The average molecular weight is 195 g/mol. The molecule has 1 atom stereocenters. The van der Waals surface area contributed by atoms with Crippen LogP contribution in [0, 0.1) is 0 Å². The van der Waals surface area contributed by atoms with Crippen molar-refractivity contribution < 1.29 is 0 Å². The maximum atomic E-state index is 4.25. The molecule has 1 N–H and O–H groups in total. The van der Waals surface area contributed by atoms with Crippen molar-refractivity contribution in [1.82, 2.24) is 15.1 Å². The molecule has 0 aromatic carbocycles. The molecule has 0 bridgehead atoms. The molecule has 0 saturated carbocycles. The first-order valence-corrected chi connectivity index (χ1v) is 5.51. The van der Waals surface area contributed by atoms with Crippen LogP contribution in [0.15, 0.2) is 12.4 Å². The van der Waals surface area contributed by atoms with E-state index in [-0.39, 0.29) is 0 Å². The zero-order valence-electron chi connectivity index (χ0n) is 9.45. The van der Waals surface area contributed by atoms with E-state index in [9.17, 15) is 0 Å². The number of nitrogens with one attached hydrogen (secondary N) is 1. The minimum Gasteiger partial charge on any atom is -0.315 e. The fourth-order valence-corrected chi connectivity index (χ4v) is 1.54. The van der Waals surface area contributed by atoms with Crippen LogP contribution < -0.4 is 5.32 Å². The van der Waals surface area contributed by atoms with Crippen molar-refractivity contribution in [2.45, 2.75) is 46.2 Å². The highest BCUT2D eigenvalue weighted by atomic mass is 15.3. The van der Waals surface area contributed by atoms with Gasteiger partial charge in [0.25, 0.3) is 0 Å². The molecule has 3 nitrogen and oxygen atoms in total. The van der Waals surface area contributed by atoms with Gasteiger partial charge < -0.3 is 5.32 Å². The fourth-order valence-electron chi connectivity index (χ4n) is 1.54. The van der Waals surface area contributed by atoms with Crippen LogP contribution in [0.4, 0.5) is 0 Å². The van der Waals surface area contributed by atoms with Crippen molar-refractivity contribution in [2.75, 3.05) is 6.54 Å². The van der Waals surface area contributed by atoms with E-state index >= 15 is 0 Å². The largest absolute Gasteiger partial charge is 0.315 e. The number of rotatable bonds is 6. The molecule has 0 saturated heterocycles. The van der Waals surface area contributed by atoms with Crippen LogP contribution in [0.3, 0.4) is 0 Å². The number of nitrogens with zero attached hydrogens (tertiary/aromatic N) is 2. The molecule has 0 aliphatic rings. The molecule has 0 radical (unpaired) electrons. The topological polar surface area (TPSA) is 29.9 Å². The Morgan fingerprint density at radius 3 is 2.86 bits per heavy atom. The summed E-state index contributed by atoms with van der Waals surface area (Å²) in [6.07, 6.45) is 6.41. The Hall–Kier alpha value is -0.830. The van der Waals surface area contributed by atoms with Gasteiger partial charge >= 0.3 is 0 Å². The standard InChI is InChI=1S/C11H21N3/c1-4-12-10(3)6-7-11-8-13-14(5-2)9-11/h8-10,12H,4-7H2,1-3H3. The molecule has 0 spiro atoms. The summed E-state index contributed by atoms with van der Waals surface area (Å²) in [6, 6.07) is 0.602. The van der Waals surface area contributed by atoms with Crippen molar-refractivity contribution in [2.24, 2.45) is 0 Å². The van der Waals surface area contributed by atoms with E-state index in [2.05, 4.69) is 37.4 Å². The van der Waals surface area contributed by atoms with Gasteiger partial charge in [-0.3, -0.25) is 4.68 Å². The molecule has 1 aromatic rings. The van der Waals surface area contributed by atoms with Gasteiger partial charge in [-0.1, -0.05) is 6.92 Å². The molecule has 0 aliphatic carbocycles. The highest BCUT2D eigenvalue weighted by molar-refractivity contribution is 5.04. The third-order valence-electron chi connectivity index (χ3n) is 2.43. The smallest absolute Gasteiger partial charge is 0.0521 e. The molecule has 3 heteroatoms. The van der Waals surface area contributed by atoms with Crippen molar-refractivity contribution >= 4 is 0 Å². The van der Waals surface area contributed by atoms with Crippen molar-refractivity contribution in [3.8, 4) is 0 Å². The first-order chi connectivity index (χ1) is 6.76. The molecule has 1 unspecified atom stereocenters. The van der Waals surface area contributed by atoms with Crippen molar-refractivity contribution in [3.63, 3.8) is 0 Å². The van der Waals surface area contributed by atoms with Gasteiger partial charge in [-0.25, -0.2) is 0 Å². The van der Waals surface area contributed by atoms with E-state index in [1.54, 1.807) is 0 Å². The van der Waals surface area contributed by atoms with Crippen LogP contribution in [0.25, 0.3) is 0 Å². The minimum atomic E-state index is 0.602. The second-order valence-corrected chi connectivity index (χ2v) is 3.70. The lowest BCUT2D eigenvalue weighted by Crippen LogP contribution is -2.25. The summed E-state index contributed by atoms with van der Waals surface area (Å²) >= 11 is 0. The summed E-state index contributed by atoms with van der Waals surface area (Å²) in [7, 11) is 0. The summed E-state index contributed by atoms with van der Waals surface area (Å²) in [5.41, 5.74) is 1.34. The number of hydrogen-bond donors (Lipinski definition) is 1. The Morgan fingerprint density at radius 2 is 2.29 bits per heavy atom. The zero-order valence-corrected chi connectivity index (χ0v) is 9.45. The van der Waals surface area contributed by atoms with Crippen LogP contribution in [-0.2, 0) is 13.0 Å². The van der Waals surface area contributed by atoms with Crippen LogP contribution in [0.1, 0.15) is 32.8 Å². The van der Waals surface area contributed by atoms with E-state index in [0.29, 0.717) is 6.04 Å². The number of hydrogen-bond acceptors (Lipinski definition) is 2. The van der Waals surface area contributed by atoms with E-state index in [1.165, 1.54) is 12.0 Å². The van der Waals surface area contributed by atoms with Gasteiger partial charge in [0.15, 0.2) is 0 Å². The summed E-state index contributed by atoms with van der Waals surface area (Å²) in [6.45, 7) is 8.50. The lowest BCUT2D eigenvalue weighted by Gasteiger charge is -2.10. The monoisotopic (exact) mass is 195 g/mol. The quantitative estimate of drug-likeness (QED) is 0.750. The first-order valence-electron chi connectivity index (χ1n) is 5.51. The van der Waals surface area contributed by atoms with Crippen LogP contribution in [0.2, 0.25) is 0 Å². The second-order valence-electron chi connectivity index (χ2n) is 3.70. The van der Waals surface area contributed by atoms with Gasteiger partial charge in [-0.2, -0.15) is 5.10 Å². The molecule has 0 fully saturated rings. The Balaban J connectivity index is 2.30. The summed E-state index contributed by atoms with van der Waals surface area (Å²) in [4.78, 5) is 0. The molecule has 80 valence electrons. The Kier molecular flexibility index (Phi) is 4.66. The van der Waals surface area contributed by atoms with Gasteiger partial charge in [0.05, 0.1) is 6.20 Å². The maximum absolute atomic E-state index is 4.25. The zero-order chi connectivity index (χ0) is 10.4. The lowest BCUT2D eigenvalue weighted by atomic mass is 10.1. The normalized spacial score (nSPS) is 13.1. The molecule has 0 aliphatic heterocycles. The van der Waals surface area contributed by atoms with E-state index in [1.807, 2.05) is 10.9 Å². The van der Waals surface area contributed by atoms with Crippen LogP contribution in [-0.4, -0.2) is 22.4 Å². The molecule has 1 aromatic heterocycles. The third kappa shape index (κ3) is 3.50. The summed E-state index contributed by atoms with van der Waals surface area (Å²) in [5, 5.41) is 7.66. The van der Waals surface area contributed by atoms with Gasteiger partial charge in [-0.05, 0) is 38.8 Å². The number of aromatic nitrogens is 2. The van der Waals surface area contributed by atoms with E-state index < -0.39 is 0 Å². The predicted octanol–water partition coefficient (Wildman–Crippen LogP) is 1.83. The van der Waals surface area contributed by atoms with E-state index in [4.69, 9.17) is 0 Å². The fraction of sp³-hybridized carbons (Fsp3) is 0.727. The molecular formula is C11H21N3. The van der Waals surface area contributed by atoms with Gasteiger partial charge in [0.2, 0.25) is 0 Å². The molecule has 1 heterocycles. The highest BCUT2D eigenvalue weighted by Gasteiger charge is 2.02. The predicted molar refractivity (Wildman–Crippen MR) is 59.4 cm³/mol. The minimum absolute atomic E-state index is 0.602. The SMILES string of the molecule is CCNC(C)CCc1cnn(CC)c1. The Bertz CT molecular complexity index is 255. The maximum Gasteiger partial charge on any atom is 0.0521 e. The molecule has 14 heavy (non-hydrogen) atoms. The van der Waals surface area contributed by atoms with Crippen LogP contribution >= 0.6 is 0 Å². The lowest BCUT2D eigenvalue weighted by molar-refractivity contribution is 0.530. The van der Waals surface area contributed by atoms with Gasteiger partial charge in [0.1, 0.15) is 0 Å². The summed E-state index contributed by atoms with van der Waals surface area (Å²) in [5.74, 6) is 0. The van der Waals surface area contributed by atoms with E-state index in [0.717, 1.165) is 19.5 Å². The Morgan fingerprint density at radius 1 is 1.50 bits per heavy atom. The molecular weight excluding hydrogens is 174 g/mol. The van der Waals surface area contributed by atoms with Crippen molar-refractivity contribution in [3.05, 3.63) is 18.0 Å². The number of aryl methyl sites for hydroxylation is 2. The third-order valence-corrected chi connectivity index (χ3v) is 2.43. The highest BCUT2D eigenvalue weighted by Crippen LogP contribution is 2.04. The van der Waals surface area contributed by atoms with Gasteiger partial charge in [0, 0.05) is 18.8 Å². The summed E-state index contributed by atoms with van der Waals surface area (Å²) < 4.78 is 1.98.